The molecular formula is C18H16BrFN2O2S. The minimum Gasteiger partial charge on any atom is -0.491 e. The van der Waals surface area contributed by atoms with Crippen LogP contribution in [-0.2, 0) is 0 Å². The number of rotatable bonds is 7. The van der Waals surface area contributed by atoms with Crippen molar-refractivity contribution in [1.29, 1.82) is 0 Å². The molecule has 0 amide bonds. The number of halogens is 2. The first kappa shape index (κ1) is 18.0. The molecule has 0 radical (unpaired) electrons. The van der Waals surface area contributed by atoms with Gasteiger partial charge in [0.05, 0.1) is 6.10 Å². The topological polar surface area (TPSA) is 47.3 Å². The molecule has 1 aromatic heterocycles. The Bertz CT molecular complexity index is 809. The fraction of sp³-hybridized carbons (Fsp3) is 0.167. The minimum atomic E-state index is -0.662. The first-order valence-corrected chi connectivity index (χ1v) is 9.38. The van der Waals surface area contributed by atoms with Crippen LogP contribution >= 0.6 is 27.7 Å². The summed E-state index contributed by atoms with van der Waals surface area (Å²) < 4.78 is 21.3. The molecule has 0 aliphatic heterocycles. The Labute approximate surface area is 157 Å². The van der Waals surface area contributed by atoms with Crippen LogP contribution in [0.4, 0.5) is 4.39 Å². The van der Waals surface area contributed by atoms with Gasteiger partial charge in [0.2, 0.25) is 0 Å². The van der Waals surface area contributed by atoms with Gasteiger partial charge in [0, 0.05) is 28.3 Å². The molecule has 0 saturated heterocycles. The van der Waals surface area contributed by atoms with E-state index in [9.17, 15) is 9.50 Å². The summed E-state index contributed by atoms with van der Waals surface area (Å²) in [4.78, 5) is 4.34. The van der Waals surface area contributed by atoms with E-state index in [1.165, 1.54) is 36.0 Å². The smallest absolute Gasteiger partial charge is 0.172 e. The predicted molar refractivity (Wildman–Crippen MR) is 99.9 cm³/mol. The van der Waals surface area contributed by atoms with Gasteiger partial charge in [-0.05, 0) is 48.5 Å². The average Bonchev–Trinajstić information content (AvgIpc) is 3.09. The van der Waals surface area contributed by atoms with Crippen LogP contribution in [0.2, 0.25) is 0 Å². The number of aromatic nitrogens is 2. The molecule has 3 rings (SSSR count). The predicted octanol–water partition coefficient (Wildman–Crippen LogP) is 4.31. The van der Waals surface area contributed by atoms with E-state index in [1.54, 1.807) is 6.20 Å². The fourth-order valence-corrected chi connectivity index (χ4v) is 3.28. The largest absolute Gasteiger partial charge is 0.491 e. The second kappa shape index (κ2) is 8.51. The highest BCUT2D eigenvalue weighted by atomic mass is 79.9. The number of benzene rings is 2. The van der Waals surface area contributed by atoms with E-state index >= 15 is 0 Å². The number of aliphatic hydroxyl groups excluding tert-OH is 1. The number of nitrogens with zero attached hydrogens (tertiary/aromatic N) is 2. The molecule has 2 aromatic carbocycles. The number of hydrogen-bond acceptors (Lipinski definition) is 4. The van der Waals surface area contributed by atoms with E-state index in [0.717, 1.165) is 15.3 Å². The molecule has 1 unspecified atom stereocenters. The van der Waals surface area contributed by atoms with Crippen molar-refractivity contribution >= 4 is 27.7 Å². The molecule has 0 aliphatic carbocycles. The van der Waals surface area contributed by atoms with Gasteiger partial charge in [-0.1, -0.05) is 27.7 Å². The molecule has 1 atom stereocenters. The van der Waals surface area contributed by atoms with Crippen LogP contribution in [0.3, 0.4) is 0 Å². The summed E-state index contributed by atoms with van der Waals surface area (Å²) in [5.74, 6) is 0.652. The highest BCUT2D eigenvalue weighted by Crippen LogP contribution is 2.22. The van der Waals surface area contributed by atoms with Crippen LogP contribution < -0.4 is 4.74 Å². The molecular weight excluding hydrogens is 407 g/mol. The summed E-state index contributed by atoms with van der Waals surface area (Å²) in [6, 6.07) is 13.6. The zero-order chi connectivity index (χ0) is 17.6. The van der Waals surface area contributed by atoms with Crippen LogP contribution in [-0.4, -0.2) is 33.1 Å². The summed E-state index contributed by atoms with van der Waals surface area (Å²) in [5, 5.41) is 10.9. The van der Waals surface area contributed by atoms with Gasteiger partial charge in [-0.3, -0.25) is 4.57 Å². The number of thioether (sulfide) groups is 1. The van der Waals surface area contributed by atoms with E-state index in [-0.39, 0.29) is 12.4 Å². The number of aliphatic hydroxyl groups is 1. The molecule has 0 aliphatic rings. The van der Waals surface area contributed by atoms with Crippen LogP contribution in [0.5, 0.6) is 5.75 Å². The van der Waals surface area contributed by atoms with Gasteiger partial charge in [-0.15, -0.1) is 0 Å². The van der Waals surface area contributed by atoms with E-state index in [4.69, 9.17) is 4.74 Å². The van der Waals surface area contributed by atoms with Gasteiger partial charge in [0.25, 0.3) is 0 Å². The summed E-state index contributed by atoms with van der Waals surface area (Å²) in [6.45, 7) is 0.137. The third-order valence-corrected chi connectivity index (χ3v) is 5.01. The highest BCUT2D eigenvalue weighted by Gasteiger charge is 2.11. The third kappa shape index (κ3) is 5.07. The molecule has 130 valence electrons. The van der Waals surface area contributed by atoms with Gasteiger partial charge in [-0.2, -0.15) is 0 Å². The lowest BCUT2D eigenvalue weighted by Gasteiger charge is -2.13. The lowest BCUT2D eigenvalue weighted by Crippen LogP contribution is -2.20. The average molecular weight is 423 g/mol. The quantitative estimate of drug-likeness (QED) is 0.576. The Morgan fingerprint density at radius 3 is 2.60 bits per heavy atom. The van der Waals surface area contributed by atoms with Gasteiger partial charge in [0.1, 0.15) is 18.2 Å². The molecule has 0 spiro atoms. The van der Waals surface area contributed by atoms with Crippen LogP contribution in [0.25, 0.3) is 5.69 Å². The Balaban J connectivity index is 1.54. The molecule has 0 bridgehead atoms. The van der Waals surface area contributed by atoms with Crippen molar-refractivity contribution in [3.05, 3.63) is 71.2 Å². The maximum absolute atomic E-state index is 12.8. The summed E-state index contributed by atoms with van der Waals surface area (Å²) in [5.41, 5.74) is 1.00. The van der Waals surface area contributed by atoms with Crippen molar-refractivity contribution in [2.24, 2.45) is 0 Å². The molecule has 1 N–H and O–H groups in total. The number of hydrogen-bond donors (Lipinski definition) is 1. The second-order valence-electron chi connectivity index (χ2n) is 5.29. The SMILES string of the molecule is OC(COc1ccc(F)cc1)CSc1nccn1-c1ccc(Br)cc1. The van der Waals surface area contributed by atoms with Gasteiger partial charge in [-0.25, -0.2) is 9.37 Å². The van der Waals surface area contributed by atoms with Gasteiger partial charge >= 0.3 is 0 Å². The Hall–Kier alpha value is -1.83. The van der Waals surface area contributed by atoms with E-state index in [0.29, 0.717) is 11.5 Å². The lowest BCUT2D eigenvalue weighted by atomic mass is 10.3. The molecule has 3 aromatic rings. The molecule has 4 nitrogen and oxygen atoms in total. The van der Waals surface area contributed by atoms with Gasteiger partial charge < -0.3 is 9.84 Å². The molecule has 7 heteroatoms. The molecule has 0 saturated carbocycles. The van der Waals surface area contributed by atoms with E-state index in [1.807, 2.05) is 35.0 Å². The zero-order valence-corrected chi connectivity index (χ0v) is 15.6. The van der Waals surface area contributed by atoms with Crippen molar-refractivity contribution in [2.75, 3.05) is 12.4 Å². The second-order valence-corrected chi connectivity index (χ2v) is 7.19. The molecule has 25 heavy (non-hydrogen) atoms. The fourth-order valence-electron chi connectivity index (χ4n) is 2.14. The van der Waals surface area contributed by atoms with Crippen molar-refractivity contribution < 1.29 is 14.2 Å². The van der Waals surface area contributed by atoms with E-state index in [2.05, 4.69) is 20.9 Å². The van der Waals surface area contributed by atoms with Crippen LogP contribution in [0.15, 0.2) is 70.6 Å². The summed E-state index contributed by atoms with van der Waals surface area (Å²) >= 11 is 4.87. The van der Waals surface area contributed by atoms with Crippen molar-refractivity contribution in [3.63, 3.8) is 0 Å². The zero-order valence-electron chi connectivity index (χ0n) is 13.2. The maximum Gasteiger partial charge on any atom is 0.172 e. The first-order chi connectivity index (χ1) is 12.1. The Kier molecular flexibility index (Phi) is 6.12. The first-order valence-electron chi connectivity index (χ1n) is 7.60. The normalized spacial score (nSPS) is 12.1. The molecule has 1 heterocycles. The number of imidazole rings is 1. The maximum atomic E-state index is 12.8. The monoisotopic (exact) mass is 422 g/mol. The Morgan fingerprint density at radius 2 is 1.88 bits per heavy atom. The van der Waals surface area contributed by atoms with Crippen LogP contribution in [0, 0.1) is 5.82 Å². The summed E-state index contributed by atoms with van der Waals surface area (Å²) in [6.07, 6.45) is 2.95. The summed E-state index contributed by atoms with van der Waals surface area (Å²) in [7, 11) is 0. The van der Waals surface area contributed by atoms with E-state index < -0.39 is 6.10 Å². The van der Waals surface area contributed by atoms with Crippen molar-refractivity contribution in [1.82, 2.24) is 9.55 Å². The lowest BCUT2D eigenvalue weighted by molar-refractivity contribution is 0.126. The van der Waals surface area contributed by atoms with Crippen LogP contribution in [0.1, 0.15) is 0 Å². The minimum absolute atomic E-state index is 0.137. The number of ether oxygens (including phenoxy) is 1. The van der Waals surface area contributed by atoms with Crippen molar-refractivity contribution in [2.45, 2.75) is 11.3 Å². The standard InChI is InChI=1S/C18H16BrFN2O2S/c19-13-1-5-15(6-2-13)22-10-9-21-18(22)25-12-16(23)11-24-17-7-3-14(20)4-8-17/h1-10,16,23H,11-12H2. The van der Waals surface area contributed by atoms with Crippen molar-refractivity contribution in [3.8, 4) is 11.4 Å². The Morgan fingerprint density at radius 1 is 1.16 bits per heavy atom. The molecule has 0 fully saturated rings. The highest BCUT2D eigenvalue weighted by molar-refractivity contribution is 9.10. The third-order valence-electron chi connectivity index (χ3n) is 3.37. The van der Waals surface area contributed by atoms with Gasteiger partial charge in [0.15, 0.2) is 5.16 Å².